The maximum absolute atomic E-state index is 4.52. The molecule has 1 N–H and O–H groups in total. The summed E-state index contributed by atoms with van der Waals surface area (Å²) in [4.78, 5) is 8.75. The summed E-state index contributed by atoms with van der Waals surface area (Å²) >= 11 is 0. The second kappa shape index (κ2) is 5.79. The molecule has 0 radical (unpaired) electrons. The van der Waals surface area contributed by atoms with Crippen LogP contribution in [0, 0.1) is 11.3 Å². The lowest BCUT2D eigenvalue weighted by atomic mass is 9.71. The van der Waals surface area contributed by atoms with E-state index in [0.29, 0.717) is 11.5 Å². The van der Waals surface area contributed by atoms with Crippen LogP contribution < -0.4 is 5.32 Å². The molecule has 3 nitrogen and oxygen atoms in total. The average Bonchev–Trinajstić information content (AvgIpc) is 2.79. The molecule has 1 atom stereocenters. The first kappa shape index (κ1) is 13.5. The molecule has 0 aromatic carbocycles. The van der Waals surface area contributed by atoms with Gasteiger partial charge in [-0.1, -0.05) is 26.7 Å². The van der Waals surface area contributed by atoms with E-state index < -0.39 is 0 Å². The van der Waals surface area contributed by atoms with Crippen molar-refractivity contribution in [1.29, 1.82) is 0 Å². The van der Waals surface area contributed by atoms with Gasteiger partial charge < -0.3 is 5.32 Å². The zero-order valence-corrected chi connectivity index (χ0v) is 11.8. The molecule has 1 saturated carbocycles. The molecule has 3 heteroatoms. The topological polar surface area (TPSA) is 37.8 Å². The summed E-state index contributed by atoms with van der Waals surface area (Å²) < 4.78 is 0. The van der Waals surface area contributed by atoms with Gasteiger partial charge in [-0.15, -0.1) is 0 Å². The van der Waals surface area contributed by atoms with E-state index in [2.05, 4.69) is 36.2 Å². The highest BCUT2D eigenvalue weighted by Crippen LogP contribution is 2.51. The van der Waals surface area contributed by atoms with E-state index in [1.807, 2.05) is 6.20 Å². The fourth-order valence-corrected chi connectivity index (χ4v) is 3.73. The van der Waals surface area contributed by atoms with Crippen LogP contribution in [0.25, 0.3) is 0 Å². The Labute approximate surface area is 110 Å². The van der Waals surface area contributed by atoms with Crippen molar-refractivity contribution < 1.29 is 0 Å². The number of nitrogens with zero attached hydrogens (tertiary/aromatic N) is 2. The summed E-state index contributed by atoms with van der Waals surface area (Å²) in [5.74, 6) is 0.732. The summed E-state index contributed by atoms with van der Waals surface area (Å²) in [5.41, 5.74) is 1.47. The van der Waals surface area contributed by atoms with E-state index in [-0.39, 0.29) is 0 Å². The van der Waals surface area contributed by atoms with E-state index in [1.54, 1.807) is 12.4 Å². The summed E-state index contributed by atoms with van der Waals surface area (Å²) in [6.07, 6.45) is 12.1. The Hall–Kier alpha value is -0.960. The largest absolute Gasteiger partial charge is 0.311 e. The van der Waals surface area contributed by atoms with Crippen molar-refractivity contribution in [1.82, 2.24) is 15.3 Å². The lowest BCUT2D eigenvalue weighted by Crippen LogP contribution is -2.36. The van der Waals surface area contributed by atoms with Crippen LogP contribution in [0.1, 0.15) is 57.7 Å². The Morgan fingerprint density at radius 2 is 2.00 bits per heavy atom. The summed E-state index contributed by atoms with van der Waals surface area (Å²) in [7, 11) is 2.06. The fraction of sp³-hybridized carbons (Fsp3) is 0.733. The highest BCUT2D eigenvalue weighted by atomic mass is 14.9. The van der Waals surface area contributed by atoms with Gasteiger partial charge in [0.15, 0.2) is 0 Å². The SMILES string of the molecule is CNC(c1cnccn1)C1(CC(C)C)CCCC1. The van der Waals surface area contributed by atoms with Gasteiger partial charge in [-0.3, -0.25) is 9.97 Å². The first-order valence-electron chi connectivity index (χ1n) is 7.11. The standard InChI is InChI=1S/C15H25N3/c1-12(2)10-15(6-4-5-7-15)14(16-3)13-11-17-8-9-18-13/h8-9,11-12,14,16H,4-7,10H2,1-3H3. The van der Waals surface area contributed by atoms with Gasteiger partial charge in [0.05, 0.1) is 11.7 Å². The normalized spacial score (nSPS) is 20.2. The molecule has 18 heavy (non-hydrogen) atoms. The molecule has 0 aliphatic heterocycles. The molecule has 2 rings (SSSR count). The van der Waals surface area contributed by atoms with E-state index in [0.717, 1.165) is 11.6 Å². The summed E-state index contributed by atoms with van der Waals surface area (Å²) in [5, 5.41) is 3.50. The quantitative estimate of drug-likeness (QED) is 0.867. The lowest BCUT2D eigenvalue weighted by molar-refractivity contribution is 0.158. The Kier molecular flexibility index (Phi) is 4.33. The highest BCUT2D eigenvalue weighted by molar-refractivity contribution is 5.10. The molecule has 0 spiro atoms. The van der Waals surface area contributed by atoms with Gasteiger partial charge in [-0.2, -0.15) is 0 Å². The van der Waals surface area contributed by atoms with Crippen molar-refractivity contribution in [2.24, 2.45) is 11.3 Å². The van der Waals surface area contributed by atoms with Gasteiger partial charge in [0.25, 0.3) is 0 Å². The van der Waals surface area contributed by atoms with Crippen molar-refractivity contribution in [3.05, 3.63) is 24.3 Å². The minimum Gasteiger partial charge on any atom is -0.311 e. The predicted octanol–water partition coefficient (Wildman–Crippen LogP) is 3.34. The second-order valence-electron chi connectivity index (χ2n) is 6.02. The first-order chi connectivity index (χ1) is 8.68. The maximum atomic E-state index is 4.52. The Morgan fingerprint density at radius 3 is 2.50 bits per heavy atom. The number of hydrogen-bond donors (Lipinski definition) is 1. The number of rotatable bonds is 5. The maximum Gasteiger partial charge on any atom is 0.0761 e. The molecule has 1 fully saturated rings. The highest BCUT2D eigenvalue weighted by Gasteiger charge is 2.42. The van der Waals surface area contributed by atoms with Crippen LogP contribution in [-0.2, 0) is 0 Å². The van der Waals surface area contributed by atoms with Crippen LogP contribution >= 0.6 is 0 Å². The molecule has 0 amide bonds. The lowest BCUT2D eigenvalue weighted by Gasteiger charge is -2.38. The zero-order chi connectivity index (χ0) is 13.0. The smallest absolute Gasteiger partial charge is 0.0761 e. The van der Waals surface area contributed by atoms with Gasteiger partial charge in [0.2, 0.25) is 0 Å². The summed E-state index contributed by atoms with van der Waals surface area (Å²) in [6, 6.07) is 0.344. The fourth-order valence-electron chi connectivity index (χ4n) is 3.73. The second-order valence-corrected chi connectivity index (χ2v) is 6.02. The van der Waals surface area contributed by atoms with Crippen molar-refractivity contribution in [3.63, 3.8) is 0 Å². The number of aromatic nitrogens is 2. The van der Waals surface area contributed by atoms with Crippen LogP contribution in [0.4, 0.5) is 0 Å². The van der Waals surface area contributed by atoms with Crippen molar-refractivity contribution >= 4 is 0 Å². The molecular formula is C15H25N3. The third-order valence-corrected chi connectivity index (χ3v) is 4.19. The Bertz CT molecular complexity index is 355. The molecular weight excluding hydrogens is 222 g/mol. The van der Waals surface area contributed by atoms with Gasteiger partial charge >= 0.3 is 0 Å². The van der Waals surface area contributed by atoms with Crippen LogP contribution in [-0.4, -0.2) is 17.0 Å². The van der Waals surface area contributed by atoms with Gasteiger partial charge in [0, 0.05) is 18.6 Å². The van der Waals surface area contributed by atoms with Gasteiger partial charge in [-0.25, -0.2) is 0 Å². The van der Waals surface area contributed by atoms with Crippen molar-refractivity contribution in [2.45, 2.75) is 52.0 Å². The van der Waals surface area contributed by atoms with E-state index in [4.69, 9.17) is 0 Å². The minimum atomic E-state index is 0.344. The molecule has 0 bridgehead atoms. The predicted molar refractivity (Wildman–Crippen MR) is 74.2 cm³/mol. The molecule has 100 valence electrons. The van der Waals surface area contributed by atoms with Crippen molar-refractivity contribution in [3.8, 4) is 0 Å². The minimum absolute atomic E-state index is 0.344. The van der Waals surface area contributed by atoms with Crippen LogP contribution in [0.2, 0.25) is 0 Å². The zero-order valence-electron chi connectivity index (χ0n) is 11.8. The first-order valence-corrected chi connectivity index (χ1v) is 7.11. The molecule has 1 aliphatic rings. The van der Waals surface area contributed by atoms with Crippen LogP contribution in [0.5, 0.6) is 0 Å². The van der Waals surface area contributed by atoms with Crippen molar-refractivity contribution in [2.75, 3.05) is 7.05 Å². The molecule has 1 aliphatic carbocycles. The Morgan fingerprint density at radius 1 is 1.28 bits per heavy atom. The number of nitrogens with one attached hydrogen (secondary N) is 1. The van der Waals surface area contributed by atoms with Crippen LogP contribution in [0.15, 0.2) is 18.6 Å². The molecule has 1 heterocycles. The third kappa shape index (κ3) is 2.72. The van der Waals surface area contributed by atoms with Gasteiger partial charge in [0.1, 0.15) is 0 Å². The molecule has 1 unspecified atom stereocenters. The Balaban J connectivity index is 2.28. The number of hydrogen-bond acceptors (Lipinski definition) is 3. The average molecular weight is 247 g/mol. The molecule has 1 aromatic heterocycles. The van der Waals surface area contributed by atoms with E-state index in [1.165, 1.54) is 32.1 Å². The molecule has 0 saturated heterocycles. The van der Waals surface area contributed by atoms with E-state index >= 15 is 0 Å². The van der Waals surface area contributed by atoms with Crippen LogP contribution in [0.3, 0.4) is 0 Å². The van der Waals surface area contributed by atoms with E-state index in [9.17, 15) is 0 Å². The molecule has 1 aromatic rings. The van der Waals surface area contributed by atoms with Gasteiger partial charge in [-0.05, 0) is 37.6 Å². The summed E-state index contributed by atoms with van der Waals surface area (Å²) in [6.45, 7) is 4.65. The third-order valence-electron chi connectivity index (χ3n) is 4.19. The monoisotopic (exact) mass is 247 g/mol.